The van der Waals surface area contributed by atoms with Gasteiger partial charge < -0.3 is 19.3 Å². The van der Waals surface area contributed by atoms with Crippen LogP contribution in [0.3, 0.4) is 0 Å². The van der Waals surface area contributed by atoms with Crippen molar-refractivity contribution < 1.29 is 19.3 Å². The summed E-state index contributed by atoms with van der Waals surface area (Å²) in [5, 5.41) is 10.7. The molecule has 2 rings (SSSR count). The van der Waals surface area contributed by atoms with E-state index in [0.29, 0.717) is 44.2 Å². The van der Waals surface area contributed by atoms with Crippen molar-refractivity contribution in [2.75, 3.05) is 26.9 Å². The van der Waals surface area contributed by atoms with E-state index >= 15 is 0 Å². The predicted molar refractivity (Wildman–Crippen MR) is 68.0 cm³/mol. The summed E-state index contributed by atoms with van der Waals surface area (Å²) >= 11 is 0. The predicted octanol–water partition coefficient (Wildman–Crippen LogP) is 1.10. The van der Waals surface area contributed by atoms with Crippen LogP contribution in [0, 0.1) is 0 Å². The molecule has 19 heavy (non-hydrogen) atoms. The number of rotatable bonds is 5. The minimum Gasteiger partial charge on any atom is -0.480 e. The molecular weight excluding hydrogens is 248 g/mol. The van der Waals surface area contributed by atoms with E-state index in [2.05, 4.69) is 9.97 Å². The summed E-state index contributed by atoms with van der Waals surface area (Å²) in [6, 6.07) is 0. The number of ether oxygens (including phenoxy) is 3. The third-order valence-corrected chi connectivity index (χ3v) is 3.41. The number of aliphatic hydroxyl groups excluding tert-OH is 1. The van der Waals surface area contributed by atoms with Gasteiger partial charge in [-0.05, 0) is 6.92 Å². The van der Waals surface area contributed by atoms with E-state index in [9.17, 15) is 5.11 Å². The van der Waals surface area contributed by atoms with Crippen molar-refractivity contribution in [2.45, 2.75) is 31.5 Å². The molecule has 6 nitrogen and oxygen atoms in total. The maximum Gasteiger partial charge on any atom is 0.238 e. The second-order valence-corrected chi connectivity index (χ2v) is 4.46. The van der Waals surface area contributed by atoms with E-state index in [1.54, 1.807) is 6.20 Å². The molecule has 1 aliphatic heterocycles. The quantitative estimate of drug-likeness (QED) is 0.862. The second kappa shape index (κ2) is 6.27. The Kier molecular flexibility index (Phi) is 4.68. The Morgan fingerprint density at radius 3 is 2.68 bits per heavy atom. The second-order valence-electron chi connectivity index (χ2n) is 4.46. The molecule has 1 atom stereocenters. The van der Waals surface area contributed by atoms with Crippen LogP contribution < -0.4 is 4.74 Å². The van der Waals surface area contributed by atoms with Gasteiger partial charge in [0, 0.05) is 45.1 Å². The number of nitrogens with zero attached hydrogens (tertiary/aromatic N) is 2. The van der Waals surface area contributed by atoms with E-state index in [1.165, 1.54) is 13.3 Å². The van der Waals surface area contributed by atoms with Gasteiger partial charge in [0.25, 0.3) is 0 Å². The average molecular weight is 268 g/mol. The van der Waals surface area contributed by atoms with Gasteiger partial charge in [-0.2, -0.15) is 0 Å². The number of hydrogen-bond donors (Lipinski definition) is 1. The Hall–Kier alpha value is -1.24. The molecule has 1 aromatic rings. The van der Waals surface area contributed by atoms with Crippen molar-refractivity contribution in [2.24, 2.45) is 0 Å². The SMILES string of the molecule is CCOC1(C(O)c2nccnc2OC)CCOCC1. The van der Waals surface area contributed by atoms with Crippen LogP contribution >= 0.6 is 0 Å². The van der Waals surface area contributed by atoms with Crippen LogP contribution in [0.25, 0.3) is 0 Å². The summed E-state index contributed by atoms with van der Waals surface area (Å²) in [4.78, 5) is 8.27. The topological polar surface area (TPSA) is 73.7 Å². The van der Waals surface area contributed by atoms with E-state index in [1.807, 2.05) is 6.92 Å². The van der Waals surface area contributed by atoms with Crippen LogP contribution in [-0.4, -0.2) is 47.6 Å². The van der Waals surface area contributed by atoms with E-state index < -0.39 is 11.7 Å². The highest BCUT2D eigenvalue weighted by Gasteiger charge is 2.43. The van der Waals surface area contributed by atoms with E-state index in [4.69, 9.17) is 14.2 Å². The van der Waals surface area contributed by atoms with Gasteiger partial charge in [-0.3, -0.25) is 4.98 Å². The molecule has 1 aromatic heterocycles. The molecule has 6 heteroatoms. The van der Waals surface area contributed by atoms with Gasteiger partial charge in [0.2, 0.25) is 5.88 Å². The summed E-state index contributed by atoms with van der Waals surface area (Å²) in [6.45, 7) is 3.58. The van der Waals surface area contributed by atoms with Crippen molar-refractivity contribution in [3.8, 4) is 5.88 Å². The molecule has 1 saturated heterocycles. The minimum atomic E-state index is -0.875. The van der Waals surface area contributed by atoms with Gasteiger partial charge in [0.05, 0.1) is 7.11 Å². The molecular formula is C13H20N2O4. The fourth-order valence-electron chi connectivity index (χ4n) is 2.43. The molecule has 1 fully saturated rings. The molecule has 0 saturated carbocycles. The first-order valence-electron chi connectivity index (χ1n) is 6.48. The van der Waals surface area contributed by atoms with Gasteiger partial charge >= 0.3 is 0 Å². The standard InChI is InChI=1S/C13H20N2O4/c1-3-19-13(4-8-18-9-5-13)11(16)10-12(17-2)15-7-6-14-10/h6-7,11,16H,3-5,8-9H2,1-2H3. The van der Waals surface area contributed by atoms with Crippen molar-refractivity contribution in [1.29, 1.82) is 0 Å². The third-order valence-electron chi connectivity index (χ3n) is 3.41. The molecule has 0 radical (unpaired) electrons. The first-order valence-corrected chi connectivity index (χ1v) is 6.48. The maximum absolute atomic E-state index is 10.7. The Morgan fingerprint density at radius 2 is 2.05 bits per heavy atom. The van der Waals surface area contributed by atoms with Gasteiger partial charge in [0.15, 0.2) is 0 Å². The molecule has 0 bridgehead atoms. The van der Waals surface area contributed by atoms with Crippen LogP contribution in [0.15, 0.2) is 12.4 Å². The Balaban J connectivity index is 2.30. The summed E-state index contributed by atoms with van der Waals surface area (Å²) in [6.07, 6.45) is 3.45. The first-order chi connectivity index (χ1) is 9.23. The Morgan fingerprint density at radius 1 is 1.37 bits per heavy atom. The van der Waals surface area contributed by atoms with E-state index in [0.717, 1.165) is 0 Å². The van der Waals surface area contributed by atoms with Crippen molar-refractivity contribution in [3.05, 3.63) is 18.1 Å². The molecule has 0 spiro atoms. The van der Waals surface area contributed by atoms with Crippen molar-refractivity contribution >= 4 is 0 Å². The van der Waals surface area contributed by atoms with Crippen molar-refractivity contribution in [1.82, 2.24) is 9.97 Å². The van der Waals surface area contributed by atoms with Gasteiger partial charge in [-0.15, -0.1) is 0 Å². The molecule has 1 aliphatic rings. The summed E-state index contributed by atoms with van der Waals surface area (Å²) in [7, 11) is 1.51. The maximum atomic E-state index is 10.7. The molecule has 0 aliphatic carbocycles. The van der Waals surface area contributed by atoms with Gasteiger partial charge in [-0.1, -0.05) is 0 Å². The lowest BCUT2D eigenvalue weighted by molar-refractivity contribution is -0.169. The van der Waals surface area contributed by atoms with Gasteiger partial charge in [0.1, 0.15) is 17.4 Å². The highest BCUT2D eigenvalue weighted by Crippen LogP contribution is 2.39. The Labute approximate surface area is 112 Å². The largest absolute Gasteiger partial charge is 0.480 e. The number of hydrogen-bond acceptors (Lipinski definition) is 6. The van der Waals surface area contributed by atoms with E-state index in [-0.39, 0.29) is 0 Å². The summed E-state index contributed by atoms with van der Waals surface area (Å²) in [5.74, 6) is 0.334. The summed E-state index contributed by atoms with van der Waals surface area (Å²) in [5.41, 5.74) is -0.253. The average Bonchev–Trinajstić information content (AvgIpc) is 2.47. The number of methoxy groups -OCH3 is 1. The zero-order valence-corrected chi connectivity index (χ0v) is 11.3. The van der Waals surface area contributed by atoms with Crippen LogP contribution in [0.1, 0.15) is 31.6 Å². The highest BCUT2D eigenvalue weighted by molar-refractivity contribution is 5.23. The van der Waals surface area contributed by atoms with Gasteiger partial charge in [-0.25, -0.2) is 4.98 Å². The monoisotopic (exact) mass is 268 g/mol. The highest BCUT2D eigenvalue weighted by atomic mass is 16.5. The zero-order valence-electron chi connectivity index (χ0n) is 11.3. The van der Waals surface area contributed by atoms with Crippen LogP contribution in [0.4, 0.5) is 0 Å². The molecule has 2 heterocycles. The number of aliphatic hydroxyl groups is 1. The van der Waals surface area contributed by atoms with Crippen LogP contribution in [0.2, 0.25) is 0 Å². The molecule has 1 N–H and O–H groups in total. The first kappa shape index (κ1) is 14.2. The fraction of sp³-hybridized carbons (Fsp3) is 0.692. The zero-order chi connectivity index (χ0) is 13.7. The third kappa shape index (κ3) is 2.86. The Bertz CT molecular complexity index is 402. The fourth-order valence-corrected chi connectivity index (χ4v) is 2.43. The molecule has 106 valence electrons. The lowest BCUT2D eigenvalue weighted by atomic mass is 9.86. The molecule has 1 unspecified atom stereocenters. The normalized spacial score (nSPS) is 19.9. The summed E-state index contributed by atoms with van der Waals surface area (Å²) < 4.78 is 16.3. The van der Waals surface area contributed by atoms with Crippen LogP contribution in [-0.2, 0) is 9.47 Å². The lowest BCUT2D eigenvalue weighted by Gasteiger charge is -2.40. The molecule has 0 amide bonds. The lowest BCUT2D eigenvalue weighted by Crippen LogP contribution is -2.45. The number of aromatic nitrogens is 2. The smallest absolute Gasteiger partial charge is 0.238 e. The van der Waals surface area contributed by atoms with Crippen LogP contribution in [0.5, 0.6) is 5.88 Å². The molecule has 0 aromatic carbocycles. The minimum absolute atomic E-state index is 0.334. The van der Waals surface area contributed by atoms with Crippen molar-refractivity contribution in [3.63, 3.8) is 0 Å².